The van der Waals surface area contributed by atoms with Crippen molar-refractivity contribution < 1.29 is 9.59 Å². The molecular formula is C8H7N3O2S. The van der Waals surface area contributed by atoms with Crippen LogP contribution in [-0.2, 0) is 4.79 Å². The summed E-state index contributed by atoms with van der Waals surface area (Å²) in [4.78, 5) is 21.8. The minimum atomic E-state index is -0.471. The molecule has 6 heteroatoms. The molecule has 2 heterocycles. The van der Waals surface area contributed by atoms with Crippen LogP contribution in [0.25, 0.3) is 0 Å². The number of hydrogen-bond acceptors (Lipinski definition) is 4. The molecule has 1 aliphatic rings. The Bertz CT molecular complexity index is 385. The van der Waals surface area contributed by atoms with Crippen LogP contribution in [-0.4, -0.2) is 29.7 Å². The highest BCUT2D eigenvalue weighted by atomic mass is 32.1. The highest BCUT2D eigenvalue weighted by Crippen LogP contribution is 2.04. The van der Waals surface area contributed by atoms with Gasteiger partial charge in [0.1, 0.15) is 6.54 Å². The van der Waals surface area contributed by atoms with Crippen LogP contribution in [0.1, 0.15) is 5.56 Å². The summed E-state index contributed by atoms with van der Waals surface area (Å²) in [6, 6.07) is 1.41. The lowest BCUT2D eigenvalue weighted by molar-refractivity contribution is -0.118. The molecule has 0 spiro atoms. The molecule has 3 amide bonds. The average Bonchev–Trinajstić information content (AvgIpc) is 2.72. The number of rotatable bonds is 2. The molecule has 5 nitrogen and oxygen atoms in total. The number of carbonyl (C=O) groups excluding carboxylic acids is 2. The second-order valence-corrected chi connectivity index (χ2v) is 3.49. The van der Waals surface area contributed by atoms with E-state index in [9.17, 15) is 9.59 Å². The van der Waals surface area contributed by atoms with Crippen molar-refractivity contribution in [3.63, 3.8) is 0 Å². The average molecular weight is 209 g/mol. The zero-order valence-corrected chi connectivity index (χ0v) is 7.95. The van der Waals surface area contributed by atoms with E-state index in [4.69, 9.17) is 0 Å². The Hall–Kier alpha value is -1.69. The van der Waals surface area contributed by atoms with Gasteiger partial charge in [-0.3, -0.25) is 10.1 Å². The quantitative estimate of drug-likeness (QED) is 0.573. The molecule has 14 heavy (non-hydrogen) atoms. The number of urea groups is 1. The largest absolute Gasteiger partial charge is 0.344 e. The third-order valence-electron chi connectivity index (χ3n) is 1.66. The molecule has 0 aromatic carbocycles. The first kappa shape index (κ1) is 8.89. The van der Waals surface area contributed by atoms with Crippen molar-refractivity contribution in [3.8, 4) is 0 Å². The van der Waals surface area contributed by atoms with Crippen molar-refractivity contribution in [1.29, 1.82) is 0 Å². The molecule has 1 aromatic rings. The Balaban J connectivity index is 2.04. The minimum Gasteiger partial charge on any atom is -0.275 e. The number of carbonyl (C=O) groups is 2. The van der Waals surface area contributed by atoms with Crippen molar-refractivity contribution in [1.82, 2.24) is 10.3 Å². The fourth-order valence-electron chi connectivity index (χ4n) is 1.01. The van der Waals surface area contributed by atoms with Crippen molar-refractivity contribution >= 4 is 29.5 Å². The van der Waals surface area contributed by atoms with Crippen LogP contribution in [0.5, 0.6) is 0 Å². The summed E-state index contributed by atoms with van der Waals surface area (Å²) in [6.45, 7) is -0.000525. The first-order valence-electron chi connectivity index (χ1n) is 3.93. The Labute approximate surface area is 84.0 Å². The fourth-order valence-corrected chi connectivity index (χ4v) is 1.62. The lowest BCUT2D eigenvalue weighted by Crippen LogP contribution is -2.24. The minimum absolute atomic E-state index is 0.000525. The van der Waals surface area contributed by atoms with Crippen LogP contribution < -0.4 is 5.32 Å². The lowest BCUT2D eigenvalue weighted by Gasteiger charge is -2.02. The van der Waals surface area contributed by atoms with E-state index in [1.807, 2.05) is 16.8 Å². The maximum atomic E-state index is 11.0. The molecule has 1 fully saturated rings. The molecule has 72 valence electrons. The van der Waals surface area contributed by atoms with Crippen molar-refractivity contribution in [3.05, 3.63) is 22.4 Å². The Kier molecular flexibility index (Phi) is 2.28. The third kappa shape index (κ3) is 1.80. The molecule has 0 bridgehead atoms. The molecule has 1 aliphatic heterocycles. The summed E-state index contributed by atoms with van der Waals surface area (Å²) in [6.07, 6.45) is 1.55. The molecule has 1 aromatic heterocycles. The number of amides is 3. The van der Waals surface area contributed by atoms with Crippen LogP contribution >= 0.6 is 11.3 Å². The van der Waals surface area contributed by atoms with E-state index < -0.39 is 6.03 Å². The topological polar surface area (TPSA) is 61.8 Å². The number of nitrogens with zero attached hydrogens (tertiary/aromatic N) is 2. The predicted octanol–water partition coefficient (Wildman–Crippen LogP) is 0.634. The summed E-state index contributed by atoms with van der Waals surface area (Å²) >= 11 is 1.55. The predicted molar refractivity (Wildman–Crippen MR) is 52.2 cm³/mol. The molecule has 0 radical (unpaired) electrons. The van der Waals surface area contributed by atoms with Crippen LogP contribution in [0.3, 0.4) is 0 Å². The van der Waals surface area contributed by atoms with Gasteiger partial charge in [0, 0.05) is 5.56 Å². The van der Waals surface area contributed by atoms with Gasteiger partial charge in [-0.2, -0.15) is 16.4 Å². The Morgan fingerprint density at radius 1 is 1.57 bits per heavy atom. The van der Waals surface area contributed by atoms with Gasteiger partial charge in [0.2, 0.25) is 5.91 Å². The zero-order chi connectivity index (χ0) is 9.97. The standard InChI is InChI=1S/C8H7N3O2S/c12-7-4-11(8(13)10-7)9-3-6-1-2-14-5-6/h1-3,5H,4H2,(H,10,12,13)/b9-3+. The summed E-state index contributed by atoms with van der Waals surface area (Å²) in [7, 11) is 0. The smallest absolute Gasteiger partial charge is 0.275 e. The molecule has 2 rings (SSSR count). The van der Waals surface area contributed by atoms with E-state index in [1.165, 1.54) is 0 Å². The zero-order valence-electron chi connectivity index (χ0n) is 7.14. The van der Waals surface area contributed by atoms with E-state index >= 15 is 0 Å². The molecule has 0 atom stereocenters. The van der Waals surface area contributed by atoms with Crippen molar-refractivity contribution in [2.24, 2.45) is 5.10 Å². The van der Waals surface area contributed by atoms with E-state index in [-0.39, 0.29) is 12.5 Å². The van der Waals surface area contributed by atoms with Gasteiger partial charge in [0.25, 0.3) is 0 Å². The summed E-state index contributed by atoms with van der Waals surface area (Å²) < 4.78 is 0. The molecular weight excluding hydrogens is 202 g/mol. The van der Waals surface area contributed by atoms with Gasteiger partial charge in [-0.15, -0.1) is 0 Å². The molecule has 0 unspecified atom stereocenters. The van der Waals surface area contributed by atoms with E-state index in [2.05, 4.69) is 10.4 Å². The maximum Gasteiger partial charge on any atom is 0.344 e. The van der Waals surface area contributed by atoms with E-state index in [0.717, 1.165) is 10.6 Å². The van der Waals surface area contributed by atoms with Crippen LogP contribution in [0, 0.1) is 0 Å². The Morgan fingerprint density at radius 2 is 2.43 bits per heavy atom. The number of hydrogen-bond donors (Lipinski definition) is 1. The molecule has 0 saturated carbocycles. The first-order chi connectivity index (χ1) is 6.75. The van der Waals surface area contributed by atoms with Gasteiger partial charge in [-0.1, -0.05) is 0 Å². The fraction of sp³-hybridized carbons (Fsp3) is 0.125. The van der Waals surface area contributed by atoms with Gasteiger partial charge < -0.3 is 0 Å². The van der Waals surface area contributed by atoms with Crippen LogP contribution in [0.4, 0.5) is 4.79 Å². The number of hydrazone groups is 1. The monoisotopic (exact) mass is 209 g/mol. The second kappa shape index (κ2) is 3.59. The number of thiophene rings is 1. The van der Waals surface area contributed by atoms with Gasteiger partial charge in [0.15, 0.2) is 0 Å². The summed E-state index contributed by atoms with van der Waals surface area (Å²) in [5.41, 5.74) is 0.919. The maximum absolute atomic E-state index is 11.0. The van der Waals surface area contributed by atoms with Gasteiger partial charge in [0.05, 0.1) is 6.21 Å². The molecule has 1 saturated heterocycles. The highest BCUT2D eigenvalue weighted by molar-refractivity contribution is 7.08. The van der Waals surface area contributed by atoms with Crippen LogP contribution in [0.15, 0.2) is 21.9 Å². The second-order valence-electron chi connectivity index (χ2n) is 2.71. The van der Waals surface area contributed by atoms with Crippen molar-refractivity contribution in [2.75, 3.05) is 6.54 Å². The Morgan fingerprint density at radius 3 is 3.00 bits per heavy atom. The third-order valence-corrected chi connectivity index (χ3v) is 2.36. The molecule has 0 aliphatic carbocycles. The number of imide groups is 1. The first-order valence-corrected chi connectivity index (χ1v) is 4.87. The van der Waals surface area contributed by atoms with Crippen LogP contribution in [0.2, 0.25) is 0 Å². The summed E-state index contributed by atoms with van der Waals surface area (Å²) in [5.74, 6) is -0.322. The van der Waals surface area contributed by atoms with E-state index in [0.29, 0.717) is 0 Å². The van der Waals surface area contributed by atoms with E-state index in [1.54, 1.807) is 17.6 Å². The summed E-state index contributed by atoms with van der Waals surface area (Å²) in [5, 5.41) is 10.9. The lowest BCUT2D eigenvalue weighted by atomic mass is 10.4. The number of nitrogens with one attached hydrogen (secondary N) is 1. The van der Waals surface area contributed by atoms with Gasteiger partial charge in [-0.05, 0) is 16.8 Å². The molecule has 1 N–H and O–H groups in total. The SMILES string of the molecule is O=C1CN(/N=C/c2ccsc2)C(=O)N1. The van der Waals surface area contributed by atoms with Crippen molar-refractivity contribution in [2.45, 2.75) is 0 Å². The highest BCUT2D eigenvalue weighted by Gasteiger charge is 2.25. The normalized spacial score (nSPS) is 16.7. The van der Waals surface area contributed by atoms with Gasteiger partial charge >= 0.3 is 6.03 Å². The van der Waals surface area contributed by atoms with Gasteiger partial charge in [-0.25, -0.2) is 9.80 Å².